The summed E-state index contributed by atoms with van der Waals surface area (Å²) in [5.41, 5.74) is 2.05. The topological polar surface area (TPSA) is 53.8 Å². The number of hydrogen-bond acceptors (Lipinski definition) is 3. The molecule has 0 radical (unpaired) electrons. The van der Waals surface area contributed by atoms with Crippen LogP contribution in [0, 0.1) is 12.8 Å². The van der Waals surface area contributed by atoms with Crippen LogP contribution in [0.1, 0.15) is 30.4 Å². The van der Waals surface area contributed by atoms with E-state index in [4.69, 9.17) is 4.42 Å². The first-order chi connectivity index (χ1) is 12.0. The summed E-state index contributed by atoms with van der Waals surface area (Å²) in [7, 11) is 1.76. The number of hydrogen-bond donors (Lipinski definition) is 0. The van der Waals surface area contributed by atoms with Gasteiger partial charge < -0.3 is 14.2 Å². The van der Waals surface area contributed by atoms with Crippen molar-refractivity contribution in [2.24, 2.45) is 5.92 Å². The highest BCUT2D eigenvalue weighted by Crippen LogP contribution is 2.29. The van der Waals surface area contributed by atoms with E-state index in [9.17, 15) is 9.59 Å². The Balaban J connectivity index is 1.70. The van der Waals surface area contributed by atoms with Gasteiger partial charge in [-0.25, -0.2) is 0 Å². The van der Waals surface area contributed by atoms with E-state index in [0.717, 1.165) is 29.2 Å². The Bertz CT molecular complexity index is 781. The molecule has 2 aromatic rings. The molecule has 0 saturated carbocycles. The molecular weight excluding hydrogens is 316 g/mol. The lowest BCUT2D eigenvalue weighted by Crippen LogP contribution is -2.34. The average molecular weight is 340 g/mol. The zero-order chi connectivity index (χ0) is 18.0. The fraction of sp³-hybridized carbons (Fsp3) is 0.400. The van der Waals surface area contributed by atoms with E-state index in [1.165, 1.54) is 0 Å². The van der Waals surface area contributed by atoms with Gasteiger partial charge in [0.1, 0.15) is 11.5 Å². The van der Waals surface area contributed by atoms with Gasteiger partial charge in [0.2, 0.25) is 11.8 Å². The van der Waals surface area contributed by atoms with Crippen LogP contribution >= 0.6 is 0 Å². The maximum atomic E-state index is 12.7. The number of anilines is 1. The van der Waals surface area contributed by atoms with Crippen LogP contribution in [0.3, 0.4) is 0 Å². The molecule has 5 nitrogen and oxygen atoms in total. The highest BCUT2D eigenvalue weighted by molar-refractivity contribution is 6.00. The molecule has 1 saturated heterocycles. The van der Waals surface area contributed by atoms with Gasteiger partial charge in [-0.05, 0) is 37.1 Å². The van der Waals surface area contributed by atoms with E-state index in [1.807, 2.05) is 43.3 Å². The maximum Gasteiger partial charge on any atom is 0.228 e. The molecule has 1 atom stereocenters. The lowest BCUT2D eigenvalue weighted by atomic mass is 10.1. The number of benzene rings is 1. The molecule has 0 N–H and O–H groups in total. The molecule has 5 heteroatoms. The van der Waals surface area contributed by atoms with E-state index in [-0.39, 0.29) is 24.2 Å². The van der Waals surface area contributed by atoms with Crippen molar-refractivity contribution in [2.45, 2.75) is 33.2 Å². The summed E-state index contributed by atoms with van der Waals surface area (Å²) in [5, 5.41) is 0. The second-order valence-electron chi connectivity index (χ2n) is 6.59. The highest BCUT2D eigenvalue weighted by Gasteiger charge is 2.37. The van der Waals surface area contributed by atoms with Gasteiger partial charge in [0.05, 0.1) is 12.5 Å². The van der Waals surface area contributed by atoms with Crippen molar-refractivity contribution in [3.63, 3.8) is 0 Å². The molecule has 0 bridgehead atoms. The second kappa shape index (κ2) is 7.13. The minimum absolute atomic E-state index is 0.0149. The normalized spacial score (nSPS) is 17.2. The SMILES string of the molecule is CCc1ccccc1N1CC(C(=O)N(C)Cc2ccc(C)o2)CC1=O. The van der Waals surface area contributed by atoms with Gasteiger partial charge in [0, 0.05) is 25.7 Å². The van der Waals surface area contributed by atoms with E-state index in [1.54, 1.807) is 16.8 Å². The van der Waals surface area contributed by atoms with Crippen molar-refractivity contribution in [3.05, 3.63) is 53.5 Å². The molecule has 25 heavy (non-hydrogen) atoms. The first kappa shape index (κ1) is 17.3. The van der Waals surface area contributed by atoms with Crippen LogP contribution in [-0.4, -0.2) is 30.3 Å². The van der Waals surface area contributed by atoms with Crippen LogP contribution in [0.5, 0.6) is 0 Å². The molecule has 1 aliphatic heterocycles. The van der Waals surface area contributed by atoms with Crippen LogP contribution in [-0.2, 0) is 22.6 Å². The van der Waals surface area contributed by atoms with Gasteiger partial charge in [0.15, 0.2) is 0 Å². The number of furan rings is 1. The highest BCUT2D eigenvalue weighted by atomic mass is 16.3. The molecule has 1 aromatic heterocycles. The van der Waals surface area contributed by atoms with Crippen LogP contribution < -0.4 is 4.90 Å². The minimum Gasteiger partial charge on any atom is -0.464 e. The van der Waals surface area contributed by atoms with E-state index < -0.39 is 0 Å². The summed E-state index contributed by atoms with van der Waals surface area (Å²) >= 11 is 0. The van der Waals surface area contributed by atoms with Gasteiger partial charge in [-0.1, -0.05) is 25.1 Å². The van der Waals surface area contributed by atoms with E-state index in [0.29, 0.717) is 13.1 Å². The summed E-state index contributed by atoms with van der Waals surface area (Å²) < 4.78 is 5.54. The van der Waals surface area contributed by atoms with Gasteiger partial charge in [0.25, 0.3) is 0 Å². The van der Waals surface area contributed by atoms with Crippen LogP contribution in [0.25, 0.3) is 0 Å². The molecular formula is C20H24N2O3. The summed E-state index contributed by atoms with van der Waals surface area (Å²) in [6.45, 7) is 4.81. The van der Waals surface area contributed by atoms with Crippen LogP contribution in [0.4, 0.5) is 5.69 Å². The fourth-order valence-corrected chi connectivity index (χ4v) is 3.37. The fourth-order valence-electron chi connectivity index (χ4n) is 3.37. The molecule has 1 fully saturated rings. The average Bonchev–Trinajstić information content (AvgIpc) is 3.19. The number of carbonyl (C=O) groups is 2. The summed E-state index contributed by atoms with van der Waals surface area (Å²) in [5.74, 6) is 1.28. The summed E-state index contributed by atoms with van der Waals surface area (Å²) in [6.07, 6.45) is 1.12. The standard InChI is InChI=1S/C20H24N2O3/c1-4-15-7-5-6-8-18(15)22-12-16(11-19(22)23)20(24)21(3)13-17-10-9-14(2)25-17/h5-10,16H,4,11-13H2,1-3H3. The third kappa shape index (κ3) is 3.60. The monoisotopic (exact) mass is 340 g/mol. The molecule has 2 amide bonds. The first-order valence-electron chi connectivity index (χ1n) is 8.68. The Kier molecular flexibility index (Phi) is 4.93. The third-order valence-electron chi connectivity index (χ3n) is 4.70. The molecule has 3 rings (SSSR count). The molecule has 0 spiro atoms. The number of amides is 2. The van der Waals surface area contributed by atoms with Gasteiger partial charge in [-0.15, -0.1) is 0 Å². The van der Waals surface area contributed by atoms with Gasteiger partial charge in [-0.2, -0.15) is 0 Å². The number of rotatable bonds is 5. The summed E-state index contributed by atoms with van der Waals surface area (Å²) in [4.78, 5) is 28.6. The van der Waals surface area contributed by atoms with Crippen molar-refractivity contribution < 1.29 is 14.0 Å². The quantitative estimate of drug-likeness (QED) is 0.840. The molecule has 2 heterocycles. The maximum absolute atomic E-state index is 12.7. The molecule has 132 valence electrons. The summed E-state index contributed by atoms with van der Waals surface area (Å²) in [6, 6.07) is 11.7. The molecule has 1 aliphatic rings. The van der Waals surface area contributed by atoms with Crippen molar-refractivity contribution in [1.29, 1.82) is 0 Å². The minimum atomic E-state index is -0.307. The Hall–Kier alpha value is -2.56. The lowest BCUT2D eigenvalue weighted by molar-refractivity contribution is -0.135. The number of aryl methyl sites for hydroxylation is 2. The van der Waals surface area contributed by atoms with Crippen molar-refractivity contribution in [2.75, 3.05) is 18.5 Å². The largest absolute Gasteiger partial charge is 0.464 e. The second-order valence-corrected chi connectivity index (χ2v) is 6.59. The molecule has 1 aromatic carbocycles. The predicted molar refractivity (Wildman–Crippen MR) is 96.2 cm³/mol. The predicted octanol–water partition coefficient (Wildman–Crippen LogP) is 3.16. The van der Waals surface area contributed by atoms with E-state index >= 15 is 0 Å². The van der Waals surface area contributed by atoms with Crippen molar-refractivity contribution in [1.82, 2.24) is 4.90 Å². The Labute approximate surface area is 148 Å². The Morgan fingerprint density at radius 2 is 2.04 bits per heavy atom. The van der Waals surface area contributed by atoms with Crippen molar-refractivity contribution >= 4 is 17.5 Å². The van der Waals surface area contributed by atoms with Crippen LogP contribution in [0.15, 0.2) is 40.8 Å². The number of carbonyl (C=O) groups excluding carboxylic acids is 2. The van der Waals surface area contributed by atoms with Gasteiger partial charge >= 0.3 is 0 Å². The van der Waals surface area contributed by atoms with Crippen LogP contribution in [0.2, 0.25) is 0 Å². The Morgan fingerprint density at radius 3 is 2.72 bits per heavy atom. The molecule has 0 aliphatic carbocycles. The zero-order valence-corrected chi connectivity index (χ0v) is 15.0. The molecule has 1 unspecified atom stereocenters. The lowest BCUT2D eigenvalue weighted by Gasteiger charge is -2.22. The van der Waals surface area contributed by atoms with Crippen molar-refractivity contribution in [3.8, 4) is 0 Å². The number of nitrogens with zero attached hydrogens (tertiary/aromatic N) is 2. The first-order valence-corrected chi connectivity index (χ1v) is 8.68. The smallest absolute Gasteiger partial charge is 0.228 e. The third-order valence-corrected chi connectivity index (χ3v) is 4.70. The van der Waals surface area contributed by atoms with E-state index in [2.05, 4.69) is 6.92 Å². The Morgan fingerprint density at radius 1 is 1.28 bits per heavy atom. The zero-order valence-electron chi connectivity index (χ0n) is 15.0. The number of para-hydroxylation sites is 1. The van der Waals surface area contributed by atoms with Gasteiger partial charge in [-0.3, -0.25) is 9.59 Å².